The maximum Gasteiger partial charge on any atom is 0.282 e. The SMILES string of the molecule is C[NH+]1CCN(C(=O)[C@@H]2CSC(c3ccc[nH+]c3)[NH2+]2)CC1.[Cl-].[Cl-].[Cl-]. The van der Waals surface area contributed by atoms with Crippen LogP contribution in [-0.2, 0) is 4.79 Å². The summed E-state index contributed by atoms with van der Waals surface area (Å²) < 4.78 is 0. The third-order valence-electron chi connectivity index (χ3n) is 4.17. The van der Waals surface area contributed by atoms with Crippen LogP contribution in [0.4, 0.5) is 0 Å². The predicted octanol–water partition coefficient (Wildman–Crippen LogP) is -11.5. The van der Waals surface area contributed by atoms with Crippen LogP contribution in [-0.4, -0.2) is 55.8 Å². The standard InChI is InChI=1S/C14H20N4OS.3ClH/c1-17-5-7-18(8-6-17)14(19)12-10-20-13(16-12)11-3-2-4-15-9-11;;;/h2-4,9,12-13,16H,5-8,10H2,1H3;3*1H/t12-,13?;;;/m0.../s1. The lowest BCUT2D eigenvalue weighted by Gasteiger charge is -2.30. The summed E-state index contributed by atoms with van der Waals surface area (Å²) in [6, 6.07) is 4.22. The number of quaternary nitrogens is 2. The molecule has 2 fully saturated rings. The summed E-state index contributed by atoms with van der Waals surface area (Å²) in [5.41, 5.74) is 1.26. The number of likely N-dealkylation sites (N-methyl/N-ethyl adjacent to an activating group) is 1. The number of amides is 1. The Balaban J connectivity index is 0.00000161. The number of carbonyl (C=O) groups excluding carboxylic acids is 1. The topological polar surface area (TPSA) is 55.5 Å². The Morgan fingerprint density at radius 3 is 2.65 bits per heavy atom. The minimum absolute atomic E-state index is 0. The van der Waals surface area contributed by atoms with Gasteiger partial charge in [0, 0.05) is 6.07 Å². The molecule has 3 rings (SSSR count). The number of nitrogens with one attached hydrogen (secondary N) is 2. The first-order valence-corrected chi connectivity index (χ1v) is 8.31. The Bertz CT molecular complexity index is 474. The van der Waals surface area contributed by atoms with Gasteiger partial charge in [-0.3, -0.25) is 4.79 Å². The van der Waals surface area contributed by atoms with Gasteiger partial charge in [-0.1, -0.05) is 11.8 Å². The molecular formula is C14H23Cl3N4OS. The van der Waals surface area contributed by atoms with Crippen molar-refractivity contribution in [3.63, 3.8) is 0 Å². The first-order chi connectivity index (χ1) is 9.74. The van der Waals surface area contributed by atoms with Crippen molar-refractivity contribution in [1.82, 2.24) is 4.90 Å². The molecule has 2 aliphatic rings. The van der Waals surface area contributed by atoms with E-state index in [-0.39, 0.29) is 43.3 Å². The van der Waals surface area contributed by atoms with Gasteiger partial charge in [-0.2, -0.15) is 0 Å². The first kappa shape index (κ1) is 22.8. The number of nitrogens with two attached hydrogens (primary N) is 1. The average molecular weight is 402 g/mol. The van der Waals surface area contributed by atoms with Crippen molar-refractivity contribution in [2.75, 3.05) is 39.0 Å². The van der Waals surface area contributed by atoms with Crippen LogP contribution in [0, 0.1) is 0 Å². The number of aromatic nitrogens is 1. The van der Waals surface area contributed by atoms with Crippen molar-refractivity contribution in [2.24, 2.45) is 0 Å². The zero-order valence-electron chi connectivity index (χ0n) is 13.0. The van der Waals surface area contributed by atoms with Crippen LogP contribution in [0.3, 0.4) is 0 Å². The number of pyridine rings is 1. The fraction of sp³-hybridized carbons (Fsp3) is 0.571. The molecule has 2 saturated heterocycles. The normalized spacial score (nSPS) is 24.1. The molecular weight excluding hydrogens is 379 g/mol. The molecule has 1 unspecified atom stereocenters. The van der Waals surface area contributed by atoms with E-state index in [0.717, 1.165) is 31.9 Å². The molecule has 0 aromatic carbocycles. The average Bonchev–Trinajstić information content (AvgIpc) is 2.98. The fourth-order valence-corrected chi connectivity index (χ4v) is 4.13. The van der Waals surface area contributed by atoms with Crippen molar-refractivity contribution < 1.29 is 57.2 Å². The number of nitrogens with zero attached hydrogens (tertiary/aromatic N) is 1. The molecule has 0 saturated carbocycles. The second-order valence-corrected chi connectivity index (χ2v) is 6.85. The summed E-state index contributed by atoms with van der Waals surface area (Å²) in [5, 5.41) is 2.57. The van der Waals surface area contributed by atoms with Crippen LogP contribution in [0.5, 0.6) is 0 Å². The number of hydrogen-bond donors (Lipinski definition) is 2. The second kappa shape index (κ2) is 10.6. The molecule has 3 heterocycles. The lowest BCUT2D eigenvalue weighted by atomic mass is 10.2. The van der Waals surface area contributed by atoms with E-state index in [4.69, 9.17) is 0 Å². The van der Waals surface area contributed by atoms with Crippen LogP contribution in [0.25, 0.3) is 0 Å². The van der Waals surface area contributed by atoms with E-state index in [9.17, 15) is 4.79 Å². The van der Waals surface area contributed by atoms with Crippen molar-refractivity contribution in [3.8, 4) is 0 Å². The largest absolute Gasteiger partial charge is 1.00 e. The van der Waals surface area contributed by atoms with E-state index in [1.54, 1.807) is 0 Å². The van der Waals surface area contributed by atoms with E-state index in [1.807, 2.05) is 35.1 Å². The van der Waals surface area contributed by atoms with E-state index >= 15 is 0 Å². The molecule has 0 bridgehead atoms. The molecule has 1 aromatic rings. The second-order valence-electron chi connectivity index (χ2n) is 5.67. The summed E-state index contributed by atoms with van der Waals surface area (Å²) in [5.74, 6) is 1.24. The van der Waals surface area contributed by atoms with E-state index in [1.165, 1.54) is 10.5 Å². The summed E-state index contributed by atoms with van der Waals surface area (Å²) in [7, 11) is 2.20. The number of carbonyl (C=O) groups is 1. The Hall–Kier alpha value is -0.240. The molecule has 0 radical (unpaired) electrons. The number of thioether (sulfide) groups is 1. The third kappa shape index (κ3) is 5.66. The van der Waals surface area contributed by atoms with Crippen molar-refractivity contribution in [3.05, 3.63) is 30.1 Å². The van der Waals surface area contributed by atoms with Crippen LogP contribution < -0.4 is 52.4 Å². The van der Waals surface area contributed by atoms with Gasteiger partial charge in [0.05, 0.1) is 44.5 Å². The lowest BCUT2D eigenvalue weighted by molar-refractivity contribution is -0.883. The number of halogens is 3. The van der Waals surface area contributed by atoms with Gasteiger partial charge < -0.3 is 52.3 Å². The summed E-state index contributed by atoms with van der Waals surface area (Å²) >= 11 is 1.87. The Labute approximate surface area is 160 Å². The van der Waals surface area contributed by atoms with Gasteiger partial charge in [0.1, 0.15) is 0 Å². The number of aromatic amines is 1. The van der Waals surface area contributed by atoms with Gasteiger partial charge in [0.2, 0.25) is 0 Å². The smallest absolute Gasteiger partial charge is 0.282 e. The number of piperazine rings is 1. The zero-order valence-corrected chi connectivity index (χ0v) is 16.1. The zero-order chi connectivity index (χ0) is 13.9. The highest BCUT2D eigenvalue weighted by Crippen LogP contribution is 2.26. The minimum atomic E-state index is 0. The van der Waals surface area contributed by atoms with E-state index in [2.05, 4.69) is 23.4 Å². The highest BCUT2D eigenvalue weighted by Gasteiger charge is 2.38. The molecule has 0 aliphatic carbocycles. The summed E-state index contributed by atoms with van der Waals surface area (Å²) in [6.07, 6.45) is 3.94. The maximum absolute atomic E-state index is 12.5. The molecule has 1 aromatic heterocycles. The van der Waals surface area contributed by atoms with E-state index < -0.39 is 0 Å². The highest BCUT2D eigenvalue weighted by molar-refractivity contribution is 7.99. The minimum Gasteiger partial charge on any atom is -1.00 e. The number of H-pyrrole nitrogens is 1. The Kier molecular flexibility index (Phi) is 10.5. The van der Waals surface area contributed by atoms with Crippen LogP contribution in [0.1, 0.15) is 10.9 Å². The van der Waals surface area contributed by atoms with E-state index in [0.29, 0.717) is 11.3 Å². The van der Waals surface area contributed by atoms with Crippen molar-refractivity contribution in [2.45, 2.75) is 11.4 Å². The summed E-state index contributed by atoms with van der Waals surface area (Å²) in [6.45, 7) is 3.96. The van der Waals surface area contributed by atoms with Gasteiger partial charge in [-0.15, -0.1) is 0 Å². The molecule has 4 N–H and O–H groups in total. The lowest BCUT2D eigenvalue weighted by Crippen LogP contribution is -3.12. The van der Waals surface area contributed by atoms with Crippen molar-refractivity contribution in [1.29, 1.82) is 0 Å². The fourth-order valence-electron chi connectivity index (χ4n) is 2.82. The van der Waals surface area contributed by atoms with Gasteiger partial charge in [-0.25, -0.2) is 4.98 Å². The van der Waals surface area contributed by atoms with Gasteiger partial charge in [0.25, 0.3) is 5.91 Å². The molecule has 2 atom stereocenters. The molecule has 23 heavy (non-hydrogen) atoms. The molecule has 132 valence electrons. The van der Waals surface area contributed by atoms with Gasteiger partial charge >= 0.3 is 0 Å². The first-order valence-electron chi connectivity index (χ1n) is 7.27. The molecule has 2 aliphatic heterocycles. The van der Waals surface area contributed by atoms with Crippen LogP contribution >= 0.6 is 11.8 Å². The molecule has 1 amide bonds. The third-order valence-corrected chi connectivity index (χ3v) is 5.51. The van der Waals surface area contributed by atoms with Gasteiger partial charge in [-0.05, 0) is 6.07 Å². The van der Waals surface area contributed by atoms with Crippen molar-refractivity contribution >= 4 is 17.7 Å². The Morgan fingerprint density at radius 1 is 1.35 bits per heavy atom. The van der Waals surface area contributed by atoms with Crippen LogP contribution in [0.2, 0.25) is 0 Å². The number of rotatable bonds is 2. The van der Waals surface area contributed by atoms with Gasteiger partial charge in [0.15, 0.2) is 23.8 Å². The Morgan fingerprint density at radius 2 is 2.04 bits per heavy atom. The molecule has 9 heteroatoms. The highest BCUT2D eigenvalue weighted by atomic mass is 35.5. The summed E-state index contributed by atoms with van der Waals surface area (Å²) in [4.78, 5) is 19.2. The maximum atomic E-state index is 12.5. The monoisotopic (exact) mass is 400 g/mol. The quantitative estimate of drug-likeness (QED) is 0.517. The molecule has 5 nitrogen and oxygen atoms in total. The predicted molar refractivity (Wildman–Crippen MR) is 77.1 cm³/mol. The number of hydrogen-bond acceptors (Lipinski definition) is 2. The molecule has 0 spiro atoms. The van der Waals surface area contributed by atoms with Crippen LogP contribution in [0.15, 0.2) is 24.5 Å².